The fourth-order valence-corrected chi connectivity index (χ4v) is 1.40. The summed E-state index contributed by atoms with van der Waals surface area (Å²) in [5.74, 6) is -1.44. The Morgan fingerprint density at radius 1 is 1.44 bits per heavy atom. The van der Waals surface area contributed by atoms with Gasteiger partial charge < -0.3 is 26.8 Å². The molecule has 0 fully saturated rings. The number of aliphatic hydroxyl groups is 1. The van der Waals surface area contributed by atoms with Crippen LogP contribution in [0.2, 0.25) is 0 Å². The van der Waals surface area contributed by atoms with Gasteiger partial charge in [-0.2, -0.15) is 0 Å². The van der Waals surface area contributed by atoms with Crippen LogP contribution in [0.5, 0.6) is 5.75 Å². The van der Waals surface area contributed by atoms with Gasteiger partial charge in [0.1, 0.15) is 5.75 Å². The first-order valence-corrected chi connectivity index (χ1v) is 4.69. The average molecular weight is 226 g/mol. The van der Waals surface area contributed by atoms with Crippen molar-refractivity contribution in [2.24, 2.45) is 5.73 Å². The standard InChI is InChI=1S/C10H14N2O4/c11-7(1-2-13)5-3-8(12)6(10(15)16)4-9(5)14/h3-4,7,13-14H,1-2,11-12H2,(H,15,16)/t7-/m0/s1. The third-order valence-electron chi connectivity index (χ3n) is 2.27. The van der Waals surface area contributed by atoms with Gasteiger partial charge in [0.05, 0.1) is 5.56 Å². The second-order valence-electron chi connectivity index (χ2n) is 3.42. The summed E-state index contributed by atoms with van der Waals surface area (Å²) < 4.78 is 0. The minimum atomic E-state index is -1.21. The number of aromatic hydroxyl groups is 1. The molecule has 0 saturated heterocycles. The number of rotatable bonds is 4. The number of nitrogen functional groups attached to an aromatic ring is 1. The zero-order valence-corrected chi connectivity index (χ0v) is 8.55. The van der Waals surface area contributed by atoms with E-state index in [1.165, 1.54) is 6.07 Å². The number of aromatic carboxylic acids is 1. The number of carbonyl (C=O) groups is 1. The third kappa shape index (κ3) is 2.41. The van der Waals surface area contributed by atoms with Crippen LogP contribution in [0.1, 0.15) is 28.4 Å². The maximum atomic E-state index is 10.7. The van der Waals surface area contributed by atoms with Crippen molar-refractivity contribution in [3.05, 3.63) is 23.3 Å². The largest absolute Gasteiger partial charge is 0.508 e. The Hall–Kier alpha value is -1.79. The molecule has 0 heterocycles. The molecule has 6 nitrogen and oxygen atoms in total. The summed E-state index contributed by atoms with van der Waals surface area (Å²) in [5.41, 5.74) is 11.4. The first-order chi connectivity index (χ1) is 7.47. The molecule has 0 aliphatic heterocycles. The number of carboxylic acids is 1. The molecule has 88 valence electrons. The van der Waals surface area contributed by atoms with Crippen LogP contribution in [0.3, 0.4) is 0 Å². The summed E-state index contributed by atoms with van der Waals surface area (Å²) in [7, 11) is 0. The number of aliphatic hydroxyl groups excluding tert-OH is 1. The normalized spacial score (nSPS) is 12.4. The van der Waals surface area contributed by atoms with Crippen molar-refractivity contribution < 1.29 is 20.1 Å². The minimum Gasteiger partial charge on any atom is -0.508 e. The SMILES string of the molecule is Nc1cc([C@@H](N)CCO)c(O)cc1C(=O)O. The fraction of sp³-hybridized carbons (Fsp3) is 0.300. The molecule has 0 spiro atoms. The van der Waals surface area contributed by atoms with E-state index in [4.69, 9.17) is 21.7 Å². The molecule has 1 atom stereocenters. The lowest BCUT2D eigenvalue weighted by atomic mass is 10.0. The fourth-order valence-electron chi connectivity index (χ4n) is 1.40. The first kappa shape index (κ1) is 12.3. The highest BCUT2D eigenvalue weighted by Crippen LogP contribution is 2.29. The van der Waals surface area contributed by atoms with Crippen LogP contribution in [0.4, 0.5) is 5.69 Å². The van der Waals surface area contributed by atoms with Crippen LogP contribution in [-0.4, -0.2) is 27.9 Å². The van der Waals surface area contributed by atoms with Crippen LogP contribution in [-0.2, 0) is 0 Å². The lowest BCUT2D eigenvalue weighted by Gasteiger charge is -2.14. The number of nitrogens with two attached hydrogens (primary N) is 2. The zero-order valence-electron chi connectivity index (χ0n) is 8.55. The van der Waals surface area contributed by atoms with Crippen LogP contribution >= 0.6 is 0 Å². The Balaban J connectivity index is 3.15. The maximum absolute atomic E-state index is 10.7. The van der Waals surface area contributed by atoms with Gasteiger partial charge >= 0.3 is 5.97 Å². The Morgan fingerprint density at radius 3 is 2.56 bits per heavy atom. The molecule has 0 bridgehead atoms. The molecule has 6 heteroatoms. The predicted octanol–water partition coefficient (Wildman–Crippen LogP) is 0.0548. The van der Waals surface area contributed by atoms with Gasteiger partial charge in [-0.1, -0.05) is 0 Å². The van der Waals surface area contributed by atoms with Crippen LogP contribution in [0, 0.1) is 0 Å². The molecule has 1 aromatic rings. The molecular weight excluding hydrogens is 212 g/mol. The molecule has 0 aromatic heterocycles. The summed E-state index contributed by atoms with van der Waals surface area (Å²) in [6, 6.07) is 1.80. The van der Waals surface area contributed by atoms with E-state index in [9.17, 15) is 9.90 Å². The minimum absolute atomic E-state index is 0.0358. The number of phenols is 1. The Labute approximate surface area is 92.1 Å². The number of hydrogen-bond donors (Lipinski definition) is 5. The van der Waals surface area contributed by atoms with Crippen molar-refractivity contribution in [3.63, 3.8) is 0 Å². The molecule has 0 aliphatic rings. The second kappa shape index (κ2) is 4.82. The molecule has 1 aromatic carbocycles. The van der Waals surface area contributed by atoms with Gasteiger partial charge in [-0.05, 0) is 18.6 Å². The van der Waals surface area contributed by atoms with E-state index < -0.39 is 12.0 Å². The topological polar surface area (TPSA) is 130 Å². The third-order valence-corrected chi connectivity index (χ3v) is 2.27. The number of benzene rings is 1. The Morgan fingerprint density at radius 2 is 2.06 bits per heavy atom. The molecule has 0 aliphatic carbocycles. The summed E-state index contributed by atoms with van der Waals surface area (Å²) in [5, 5.41) is 27.1. The quantitative estimate of drug-likeness (QED) is 0.364. The van der Waals surface area contributed by atoms with Crippen LogP contribution < -0.4 is 11.5 Å². The van der Waals surface area contributed by atoms with E-state index in [2.05, 4.69) is 0 Å². The van der Waals surface area contributed by atoms with Gasteiger partial charge in [-0.15, -0.1) is 0 Å². The van der Waals surface area contributed by atoms with E-state index in [1.54, 1.807) is 0 Å². The highest BCUT2D eigenvalue weighted by atomic mass is 16.4. The summed E-state index contributed by atoms with van der Waals surface area (Å²) in [4.78, 5) is 10.7. The number of hydrogen-bond acceptors (Lipinski definition) is 5. The number of anilines is 1. The van der Waals surface area contributed by atoms with Crippen molar-refractivity contribution in [3.8, 4) is 5.75 Å². The van der Waals surface area contributed by atoms with Gasteiger partial charge in [-0.25, -0.2) is 4.79 Å². The molecule has 0 saturated carbocycles. The van der Waals surface area contributed by atoms with Crippen LogP contribution in [0.25, 0.3) is 0 Å². The van der Waals surface area contributed by atoms with Crippen molar-refractivity contribution in [1.29, 1.82) is 0 Å². The lowest BCUT2D eigenvalue weighted by Crippen LogP contribution is -2.13. The smallest absolute Gasteiger partial charge is 0.337 e. The highest BCUT2D eigenvalue weighted by Gasteiger charge is 2.16. The first-order valence-electron chi connectivity index (χ1n) is 4.69. The molecule has 1 rings (SSSR count). The second-order valence-corrected chi connectivity index (χ2v) is 3.42. The molecule has 0 radical (unpaired) electrons. The van der Waals surface area contributed by atoms with Crippen molar-refractivity contribution in [2.45, 2.75) is 12.5 Å². The van der Waals surface area contributed by atoms with E-state index in [0.717, 1.165) is 6.07 Å². The van der Waals surface area contributed by atoms with Crippen LogP contribution in [0.15, 0.2) is 12.1 Å². The average Bonchev–Trinajstić information content (AvgIpc) is 2.20. The van der Waals surface area contributed by atoms with Crippen molar-refractivity contribution in [2.75, 3.05) is 12.3 Å². The van der Waals surface area contributed by atoms with E-state index in [0.29, 0.717) is 5.56 Å². The van der Waals surface area contributed by atoms with Gasteiger partial charge in [-0.3, -0.25) is 0 Å². The summed E-state index contributed by atoms with van der Waals surface area (Å²) in [6.45, 7) is -0.124. The van der Waals surface area contributed by atoms with Gasteiger partial charge in [0.15, 0.2) is 0 Å². The van der Waals surface area contributed by atoms with E-state index in [1.807, 2.05) is 0 Å². The zero-order chi connectivity index (χ0) is 12.3. The summed E-state index contributed by atoms with van der Waals surface area (Å²) >= 11 is 0. The van der Waals surface area contributed by atoms with E-state index in [-0.39, 0.29) is 30.0 Å². The highest BCUT2D eigenvalue weighted by molar-refractivity contribution is 5.94. The van der Waals surface area contributed by atoms with Gasteiger partial charge in [0, 0.05) is 23.9 Å². The maximum Gasteiger partial charge on any atom is 0.337 e. The Kier molecular flexibility index (Phi) is 3.70. The number of phenolic OH excluding ortho intramolecular Hbond substituents is 1. The van der Waals surface area contributed by atoms with Crippen molar-refractivity contribution in [1.82, 2.24) is 0 Å². The molecule has 0 unspecified atom stereocenters. The molecular formula is C10H14N2O4. The monoisotopic (exact) mass is 226 g/mol. The van der Waals surface area contributed by atoms with Gasteiger partial charge in [0.25, 0.3) is 0 Å². The molecule has 7 N–H and O–H groups in total. The van der Waals surface area contributed by atoms with Crippen molar-refractivity contribution >= 4 is 11.7 Å². The predicted molar refractivity (Wildman–Crippen MR) is 58.1 cm³/mol. The van der Waals surface area contributed by atoms with Gasteiger partial charge in [0.2, 0.25) is 0 Å². The molecule has 16 heavy (non-hydrogen) atoms. The number of carboxylic acid groups (broad SMARTS) is 1. The molecule has 0 amide bonds. The summed E-state index contributed by atoms with van der Waals surface area (Å²) in [6.07, 6.45) is 0.263. The van der Waals surface area contributed by atoms with E-state index >= 15 is 0 Å². The lowest BCUT2D eigenvalue weighted by molar-refractivity contribution is 0.0697. The Bertz CT molecular complexity index is 406.